The molecular formula is C12H16ClNO3. The summed E-state index contributed by atoms with van der Waals surface area (Å²) in [6.45, 7) is 1.88. The summed E-state index contributed by atoms with van der Waals surface area (Å²) >= 11 is 5.43. The number of amides is 1. The van der Waals surface area contributed by atoms with E-state index < -0.39 is 0 Å². The summed E-state index contributed by atoms with van der Waals surface area (Å²) in [5.74, 6) is 1.05. The highest BCUT2D eigenvalue weighted by Crippen LogP contribution is 2.29. The maximum absolute atomic E-state index is 11.2. The molecule has 4 nitrogen and oxygen atoms in total. The number of nitrogens with one attached hydrogen (secondary N) is 1. The minimum Gasteiger partial charge on any atom is -0.493 e. The van der Waals surface area contributed by atoms with Gasteiger partial charge in [-0.3, -0.25) is 4.79 Å². The van der Waals surface area contributed by atoms with Crippen LogP contribution < -0.4 is 14.8 Å². The second kappa shape index (κ2) is 6.35. The van der Waals surface area contributed by atoms with Gasteiger partial charge in [0.15, 0.2) is 11.5 Å². The normalized spacial score (nSPS) is 11.8. The molecule has 1 amide bonds. The number of benzene rings is 1. The number of carbonyl (C=O) groups is 1. The first kappa shape index (κ1) is 13.6. The van der Waals surface area contributed by atoms with Crippen LogP contribution in [0.2, 0.25) is 0 Å². The topological polar surface area (TPSA) is 47.6 Å². The summed E-state index contributed by atoms with van der Waals surface area (Å²) < 4.78 is 10.3. The molecule has 1 N–H and O–H groups in total. The molecule has 17 heavy (non-hydrogen) atoms. The third-order valence-electron chi connectivity index (χ3n) is 2.41. The van der Waals surface area contributed by atoms with Crippen LogP contribution >= 0.6 is 11.6 Å². The van der Waals surface area contributed by atoms with E-state index in [0.29, 0.717) is 11.5 Å². The number of methoxy groups -OCH3 is 2. The molecule has 0 saturated carbocycles. The average molecular weight is 258 g/mol. The van der Waals surface area contributed by atoms with Crippen molar-refractivity contribution in [2.24, 2.45) is 0 Å². The van der Waals surface area contributed by atoms with Crippen LogP contribution in [0.15, 0.2) is 18.2 Å². The zero-order chi connectivity index (χ0) is 12.8. The van der Waals surface area contributed by atoms with E-state index in [9.17, 15) is 4.79 Å². The molecule has 1 aromatic carbocycles. The van der Waals surface area contributed by atoms with Gasteiger partial charge in [-0.25, -0.2) is 0 Å². The zero-order valence-electron chi connectivity index (χ0n) is 10.1. The van der Waals surface area contributed by atoms with Crippen LogP contribution in [0.4, 0.5) is 0 Å². The Morgan fingerprint density at radius 3 is 2.53 bits per heavy atom. The van der Waals surface area contributed by atoms with Crippen molar-refractivity contribution in [1.29, 1.82) is 0 Å². The largest absolute Gasteiger partial charge is 0.493 e. The Labute approximate surface area is 106 Å². The smallest absolute Gasteiger partial charge is 0.235 e. The van der Waals surface area contributed by atoms with E-state index in [1.54, 1.807) is 20.3 Å². The predicted molar refractivity (Wildman–Crippen MR) is 66.8 cm³/mol. The molecule has 0 aliphatic carbocycles. The second-order valence-corrected chi connectivity index (χ2v) is 3.80. The maximum Gasteiger partial charge on any atom is 0.235 e. The number of ether oxygens (including phenoxy) is 2. The fraction of sp³-hybridized carbons (Fsp3) is 0.417. The number of alkyl halides is 1. The first-order valence-electron chi connectivity index (χ1n) is 5.19. The van der Waals surface area contributed by atoms with E-state index >= 15 is 0 Å². The minimum atomic E-state index is -0.200. The molecule has 1 aromatic rings. The van der Waals surface area contributed by atoms with Crippen molar-refractivity contribution in [3.63, 3.8) is 0 Å². The number of halogens is 1. The molecule has 1 rings (SSSR count). The molecule has 5 heteroatoms. The molecule has 0 unspecified atom stereocenters. The van der Waals surface area contributed by atoms with Gasteiger partial charge in [-0.1, -0.05) is 6.07 Å². The Balaban J connectivity index is 2.87. The molecule has 0 saturated heterocycles. The predicted octanol–water partition coefficient (Wildman–Crippen LogP) is 2.12. The monoisotopic (exact) mass is 257 g/mol. The van der Waals surface area contributed by atoms with E-state index in [1.807, 2.05) is 19.1 Å². The molecule has 0 heterocycles. The maximum atomic E-state index is 11.2. The molecule has 0 radical (unpaired) electrons. The van der Waals surface area contributed by atoms with Crippen molar-refractivity contribution in [2.75, 3.05) is 20.1 Å². The number of hydrogen-bond acceptors (Lipinski definition) is 3. The van der Waals surface area contributed by atoms with Gasteiger partial charge in [-0.15, -0.1) is 11.6 Å². The van der Waals surface area contributed by atoms with Crippen molar-refractivity contribution in [3.05, 3.63) is 23.8 Å². The Bertz CT molecular complexity index is 395. The van der Waals surface area contributed by atoms with Crippen molar-refractivity contribution in [1.82, 2.24) is 5.32 Å². The third kappa shape index (κ3) is 3.53. The Morgan fingerprint density at radius 2 is 2.00 bits per heavy atom. The summed E-state index contributed by atoms with van der Waals surface area (Å²) in [4.78, 5) is 11.2. The van der Waals surface area contributed by atoms with E-state index in [0.717, 1.165) is 5.56 Å². The Morgan fingerprint density at radius 1 is 1.35 bits per heavy atom. The molecule has 0 aliphatic heterocycles. The second-order valence-electron chi connectivity index (χ2n) is 3.54. The fourth-order valence-electron chi connectivity index (χ4n) is 1.49. The SMILES string of the molecule is COc1ccc([C@H](C)NC(=O)CCl)cc1OC. The fourth-order valence-corrected chi connectivity index (χ4v) is 1.56. The molecule has 0 aliphatic rings. The van der Waals surface area contributed by atoms with Crippen molar-refractivity contribution in [2.45, 2.75) is 13.0 Å². The van der Waals surface area contributed by atoms with Crippen LogP contribution in [0.25, 0.3) is 0 Å². The quantitative estimate of drug-likeness (QED) is 0.822. The van der Waals surface area contributed by atoms with Gasteiger partial charge < -0.3 is 14.8 Å². The van der Waals surface area contributed by atoms with E-state index in [2.05, 4.69) is 5.32 Å². The summed E-state index contributed by atoms with van der Waals surface area (Å²) in [6, 6.07) is 5.39. The zero-order valence-corrected chi connectivity index (χ0v) is 10.9. The van der Waals surface area contributed by atoms with Crippen molar-refractivity contribution >= 4 is 17.5 Å². The van der Waals surface area contributed by atoms with E-state index in [1.165, 1.54) is 0 Å². The van der Waals surface area contributed by atoms with E-state index in [4.69, 9.17) is 21.1 Å². The molecule has 0 aromatic heterocycles. The molecule has 0 bridgehead atoms. The molecule has 0 spiro atoms. The molecular weight excluding hydrogens is 242 g/mol. The van der Waals surface area contributed by atoms with Crippen LogP contribution in [0.1, 0.15) is 18.5 Å². The lowest BCUT2D eigenvalue weighted by Gasteiger charge is -2.15. The van der Waals surface area contributed by atoms with Gasteiger partial charge in [0.1, 0.15) is 5.88 Å². The summed E-state index contributed by atoms with van der Waals surface area (Å²) in [6.07, 6.45) is 0. The van der Waals surface area contributed by atoms with Crippen molar-refractivity contribution < 1.29 is 14.3 Å². The van der Waals surface area contributed by atoms with Crippen molar-refractivity contribution in [3.8, 4) is 11.5 Å². The van der Waals surface area contributed by atoms with E-state index in [-0.39, 0.29) is 17.8 Å². The van der Waals surface area contributed by atoms with Crippen LogP contribution in [-0.2, 0) is 4.79 Å². The van der Waals surface area contributed by atoms with Gasteiger partial charge in [-0.2, -0.15) is 0 Å². The molecule has 0 fully saturated rings. The van der Waals surface area contributed by atoms with Gasteiger partial charge in [0.05, 0.1) is 20.3 Å². The highest BCUT2D eigenvalue weighted by atomic mass is 35.5. The minimum absolute atomic E-state index is 0.0440. The Kier molecular flexibility index (Phi) is 5.10. The van der Waals surface area contributed by atoms with Gasteiger partial charge >= 0.3 is 0 Å². The third-order valence-corrected chi connectivity index (χ3v) is 2.65. The lowest BCUT2D eigenvalue weighted by atomic mass is 10.1. The van der Waals surface area contributed by atoms with Gasteiger partial charge in [0, 0.05) is 0 Å². The van der Waals surface area contributed by atoms with Crippen LogP contribution in [0.5, 0.6) is 11.5 Å². The Hall–Kier alpha value is -1.42. The van der Waals surface area contributed by atoms with Crippen LogP contribution in [0.3, 0.4) is 0 Å². The first-order chi connectivity index (χ1) is 8.12. The summed E-state index contributed by atoms with van der Waals surface area (Å²) in [5.41, 5.74) is 0.932. The lowest BCUT2D eigenvalue weighted by Crippen LogP contribution is -2.27. The first-order valence-corrected chi connectivity index (χ1v) is 5.73. The number of carbonyl (C=O) groups excluding carboxylic acids is 1. The number of rotatable bonds is 5. The summed E-state index contributed by atoms with van der Waals surface area (Å²) in [5, 5.41) is 2.77. The highest BCUT2D eigenvalue weighted by molar-refractivity contribution is 6.27. The molecule has 94 valence electrons. The van der Waals surface area contributed by atoms with Gasteiger partial charge in [0.2, 0.25) is 5.91 Å². The lowest BCUT2D eigenvalue weighted by molar-refractivity contribution is -0.119. The highest BCUT2D eigenvalue weighted by Gasteiger charge is 2.11. The van der Waals surface area contributed by atoms with Crippen LogP contribution in [-0.4, -0.2) is 26.0 Å². The summed E-state index contributed by atoms with van der Waals surface area (Å²) in [7, 11) is 3.15. The van der Waals surface area contributed by atoms with Gasteiger partial charge in [0.25, 0.3) is 0 Å². The number of hydrogen-bond donors (Lipinski definition) is 1. The standard InChI is InChI=1S/C12H16ClNO3/c1-8(14-12(15)7-13)9-4-5-10(16-2)11(6-9)17-3/h4-6,8H,7H2,1-3H3,(H,14,15)/t8-/m0/s1. The average Bonchev–Trinajstić information content (AvgIpc) is 2.37. The van der Waals surface area contributed by atoms with Crippen LogP contribution in [0, 0.1) is 0 Å². The molecule has 1 atom stereocenters. The van der Waals surface area contributed by atoms with Gasteiger partial charge in [-0.05, 0) is 24.6 Å².